The number of rotatable bonds is 10. The number of carbonyl (C=O) groups excluding carboxylic acids is 1. The fourth-order valence-electron chi connectivity index (χ4n) is 6.63. The number of ether oxygens (including phenoxy) is 1. The summed E-state index contributed by atoms with van der Waals surface area (Å²) >= 11 is 0. The van der Waals surface area contributed by atoms with Crippen molar-refractivity contribution in [1.29, 1.82) is 0 Å². The van der Waals surface area contributed by atoms with E-state index in [9.17, 15) is 34.7 Å². The Bertz CT molecular complexity index is 1670. The van der Waals surface area contributed by atoms with Crippen LogP contribution in [0.5, 0.6) is 0 Å². The minimum Gasteiger partial charge on any atom is -0.394 e. The van der Waals surface area contributed by atoms with Gasteiger partial charge in [-0.15, -0.1) is 0 Å². The van der Waals surface area contributed by atoms with Gasteiger partial charge in [0, 0.05) is 12.2 Å². The molecule has 0 saturated carbocycles. The van der Waals surface area contributed by atoms with E-state index < -0.39 is 43.2 Å². The number of aliphatic hydroxyl groups is 5. The Labute approximate surface area is 272 Å². The van der Waals surface area contributed by atoms with Crippen molar-refractivity contribution in [3.8, 4) is 11.1 Å². The van der Waals surface area contributed by atoms with Crippen molar-refractivity contribution in [2.45, 2.75) is 62.1 Å². The van der Waals surface area contributed by atoms with Crippen LogP contribution in [0.2, 0.25) is 0 Å². The van der Waals surface area contributed by atoms with Gasteiger partial charge in [-0.2, -0.15) is 0 Å². The summed E-state index contributed by atoms with van der Waals surface area (Å²) in [7, 11) is 0. The molecule has 2 aliphatic heterocycles. The predicted octanol–water partition coefficient (Wildman–Crippen LogP) is 3.68. The second kappa shape index (κ2) is 14.0. The average molecular weight is 643 g/mol. The van der Waals surface area contributed by atoms with Crippen LogP contribution in [0.15, 0.2) is 97.1 Å². The summed E-state index contributed by atoms with van der Waals surface area (Å²) in [6, 6.07) is 28.1. The highest BCUT2D eigenvalue weighted by molar-refractivity contribution is 6.03. The fraction of sp³-hybridized carbons (Fsp3) is 0.324. The normalized spacial score (nSPS) is 26.6. The van der Waals surface area contributed by atoms with Crippen LogP contribution in [-0.4, -0.2) is 62.5 Å². The highest BCUT2D eigenvalue weighted by atomic mass is 19.1. The van der Waals surface area contributed by atoms with E-state index in [-0.39, 0.29) is 23.7 Å². The Morgan fingerprint density at radius 1 is 0.830 bits per heavy atom. The van der Waals surface area contributed by atoms with Crippen molar-refractivity contribution < 1.29 is 39.5 Å². The van der Waals surface area contributed by atoms with Crippen LogP contribution in [-0.2, 0) is 16.1 Å². The molecule has 0 bridgehead atoms. The van der Waals surface area contributed by atoms with E-state index in [2.05, 4.69) is 0 Å². The molecule has 0 aliphatic carbocycles. The molecule has 5 unspecified atom stereocenters. The number of halogens is 1. The number of aliphatic hydroxyl groups excluding tert-OH is 5. The van der Waals surface area contributed by atoms with Crippen LogP contribution in [0.25, 0.3) is 11.1 Å². The van der Waals surface area contributed by atoms with Crippen LogP contribution in [0, 0.1) is 11.7 Å². The van der Waals surface area contributed by atoms with Crippen LogP contribution >= 0.6 is 0 Å². The van der Waals surface area contributed by atoms with Crippen molar-refractivity contribution >= 4 is 11.6 Å². The number of carbonyl (C=O) groups is 1. The van der Waals surface area contributed by atoms with E-state index in [0.29, 0.717) is 30.5 Å². The third-order valence-electron chi connectivity index (χ3n) is 9.36. The first-order chi connectivity index (χ1) is 22.7. The van der Waals surface area contributed by atoms with E-state index in [4.69, 9.17) is 10.5 Å². The maximum absolute atomic E-state index is 13.6. The summed E-state index contributed by atoms with van der Waals surface area (Å²) in [6.45, 7) is -0.118. The van der Waals surface area contributed by atoms with Crippen LogP contribution in [0.1, 0.15) is 53.3 Å². The zero-order valence-electron chi connectivity index (χ0n) is 25.6. The van der Waals surface area contributed by atoms with Gasteiger partial charge in [-0.25, -0.2) is 4.39 Å². The van der Waals surface area contributed by atoms with Crippen molar-refractivity contribution in [3.63, 3.8) is 0 Å². The lowest BCUT2D eigenvalue weighted by molar-refractivity contribution is -0.231. The predicted molar refractivity (Wildman–Crippen MR) is 173 cm³/mol. The molecule has 6 rings (SSSR count). The van der Waals surface area contributed by atoms with E-state index in [0.717, 1.165) is 27.9 Å². The van der Waals surface area contributed by atoms with Gasteiger partial charge < -0.3 is 40.9 Å². The number of hydrogen-bond donors (Lipinski definition) is 6. The first-order valence-corrected chi connectivity index (χ1v) is 15.8. The Balaban J connectivity index is 1.24. The minimum atomic E-state index is -1.47. The number of anilines is 1. The molecule has 246 valence electrons. The lowest BCUT2D eigenvalue weighted by Gasteiger charge is -2.48. The summed E-state index contributed by atoms with van der Waals surface area (Å²) < 4.78 is 19.2. The molecule has 0 radical (unpaired) electrons. The van der Waals surface area contributed by atoms with Crippen LogP contribution < -0.4 is 10.6 Å². The molecule has 9 nitrogen and oxygen atoms in total. The maximum atomic E-state index is 13.6. The lowest BCUT2D eigenvalue weighted by atomic mass is 9.78. The van der Waals surface area contributed by atoms with Gasteiger partial charge in [0.2, 0.25) is 5.91 Å². The molecule has 47 heavy (non-hydrogen) atoms. The Kier molecular flexibility index (Phi) is 9.81. The third kappa shape index (κ3) is 6.59. The van der Waals surface area contributed by atoms with E-state index in [1.165, 1.54) is 12.1 Å². The molecule has 1 amide bonds. The zero-order chi connectivity index (χ0) is 33.2. The molecular weight excluding hydrogens is 603 g/mol. The SMILES string of the molecule is NCc1ccc(N2C(=O)[C@H](CC[C@H](O)c3ccc(F)cc3)[C@H]2c2ccc(-c3cccc(C4OC(CO)C(O)C(O)C4O)c3)cc2)cc1. The monoisotopic (exact) mass is 642 g/mol. The number of β-lactam (4-membered cyclic amide) rings is 1. The number of amides is 1. The standard InChI is InChI=1S/C37H39FN2O7/c38-27-12-10-23(11-13-27)30(42)17-16-29-32(40(37(29)46)28-14-4-21(19-39)5-15-28)24-8-6-22(7-9-24)25-2-1-3-26(18-25)36-35(45)34(44)33(43)31(20-41)47-36/h1-15,18,29-36,41-45H,16-17,19-20,39H2/t29-,30+,31?,32-,33?,34?,35?,36?/m1/s1. The van der Waals surface area contributed by atoms with Crippen LogP contribution in [0.4, 0.5) is 10.1 Å². The number of nitrogens with zero attached hydrogens (tertiary/aromatic N) is 1. The first-order valence-electron chi connectivity index (χ1n) is 15.8. The van der Waals surface area contributed by atoms with Gasteiger partial charge in [-0.05, 0) is 76.6 Å². The molecule has 0 aromatic heterocycles. The third-order valence-corrected chi connectivity index (χ3v) is 9.36. The largest absolute Gasteiger partial charge is 0.394 e. The molecular formula is C37H39FN2O7. The summed E-state index contributed by atoms with van der Waals surface area (Å²) in [5.74, 6) is -0.798. The number of benzene rings is 4. The van der Waals surface area contributed by atoms with Gasteiger partial charge >= 0.3 is 0 Å². The summed E-state index contributed by atoms with van der Waals surface area (Å²) in [5, 5.41) is 51.5. The Morgan fingerprint density at radius 3 is 2.19 bits per heavy atom. The second-order valence-corrected chi connectivity index (χ2v) is 12.3. The maximum Gasteiger partial charge on any atom is 0.233 e. The molecule has 7 N–H and O–H groups in total. The van der Waals surface area contributed by atoms with Crippen molar-refractivity contribution in [3.05, 3.63) is 125 Å². The summed E-state index contributed by atoms with van der Waals surface area (Å²) in [6.07, 6.45) is -6.32. The molecule has 8 atom stereocenters. The van der Waals surface area contributed by atoms with Gasteiger partial charge in [-0.3, -0.25) is 4.79 Å². The topological polar surface area (TPSA) is 157 Å². The van der Waals surface area contributed by atoms with Crippen LogP contribution in [0.3, 0.4) is 0 Å². The quantitative estimate of drug-likeness (QED) is 0.143. The lowest BCUT2D eigenvalue weighted by Crippen LogP contribution is -2.55. The summed E-state index contributed by atoms with van der Waals surface area (Å²) in [4.78, 5) is 15.3. The van der Waals surface area contributed by atoms with E-state index in [1.807, 2.05) is 60.7 Å². The Hall–Kier alpha value is -4.00. The summed E-state index contributed by atoms with van der Waals surface area (Å²) in [5.41, 5.74) is 11.3. The molecule has 2 fully saturated rings. The fourth-order valence-corrected chi connectivity index (χ4v) is 6.63. The zero-order valence-corrected chi connectivity index (χ0v) is 25.6. The van der Waals surface area contributed by atoms with Gasteiger partial charge in [-0.1, -0.05) is 66.7 Å². The van der Waals surface area contributed by atoms with Gasteiger partial charge in [0.05, 0.1) is 24.7 Å². The molecule has 2 heterocycles. The smallest absolute Gasteiger partial charge is 0.233 e. The first kappa shape index (κ1) is 32.9. The van der Waals surface area contributed by atoms with Gasteiger partial charge in [0.15, 0.2) is 0 Å². The molecule has 10 heteroatoms. The molecule has 0 spiro atoms. The van der Waals surface area contributed by atoms with Gasteiger partial charge in [0.1, 0.15) is 36.3 Å². The van der Waals surface area contributed by atoms with Gasteiger partial charge in [0.25, 0.3) is 0 Å². The molecule has 4 aromatic carbocycles. The number of nitrogens with two attached hydrogens (primary N) is 1. The van der Waals surface area contributed by atoms with E-state index >= 15 is 0 Å². The molecule has 2 saturated heterocycles. The second-order valence-electron chi connectivity index (χ2n) is 12.3. The Morgan fingerprint density at radius 2 is 1.53 bits per heavy atom. The van der Waals surface area contributed by atoms with Crippen molar-refractivity contribution in [2.24, 2.45) is 11.7 Å². The van der Waals surface area contributed by atoms with Crippen molar-refractivity contribution in [2.75, 3.05) is 11.5 Å². The minimum absolute atomic E-state index is 0.0434. The van der Waals surface area contributed by atoms with E-state index in [1.54, 1.807) is 29.2 Å². The average Bonchev–Trinajstić information content (AvgIpc) is 3.10. The highest BCUT2D eigenvalue weighted by Crippen LogP contribution is 2.47. The molecule has 4 aromatic rings. The molecule has 2 aliphatic rings. The highest BCUT2D eigenvalue weighted by Gasteiger charge is 2.48. The van der Waals surface area contributed by atoms with Crippen molar-refractivity contribution in [1.82, 2.24) is 0 Å². The number of hydrogen-bond acceptors (Lipinski definition) is 8.